The highest BCUT2D eigenvalue weighted by Gasteiger charge is 2.18. The van der Waals surface area contributed by atoms with Gasteiger partial charge in [-0.1, -0.05) is 20.8 Å². The highest BCUT2D eigenvalue weighted by Crippen LogP contribution is 2.09. The highest BCUT2D eigenvalue weighted by molar-refractivity contribution is 5.75. The molecule has 1 aliphatic rings. The number of hydrogen-bond donors (Lipinski definition) is 0. The summed E-state index contributed by atoms with van der Waals surface area (Å²) in [6.45, 7) is 23.3. The van der Waals surface area contributed by atoms with Crippen LogP contribution < -0.4 is 0 Å². The zero-order valence-corrected chi connectivity index (χ0v) is 17.5. The van der Waals surface area contributed by atoms with E-state index in [1.807, 2.05) is 0 Å². The number of likely N-dealkylation sites (N-methyl/N-ethyl adjacent to an activating group) is 3. The van der Waals surface area contributed by atoms with Crippen molar-refractivity contribution in [2.24, 2.45) is 0 Å². The Bertz CT molecular complexity index is 344. The van der Waals surface area contributed by atoms with Gasteiger partial charge in [-0.05, 0) is 39.9 Å². The van der Waals surface area contributed by atoms with Crippen LogP contribution in [0.1, 0.15) is 47.5 Å². The van der Waals surface area contributed by atoms with Gasteiger partial charge in [-0.25, -0.2) is 0 Å². The lowest BCUT2D eigenvalue weighted by Gasteiger charge is -2.35. The fourth-order valence-corrected chi connectivity index (χ4v) is 3.54. The van der Waals surface area contributed by atoms with Crippen LogP contribution in [-0.4, -0.2) is 103 Å². The predicted octanol–water partition coefficient (Wildman–Crippen LogP) is 2.03. The van der Waals surface area contributed by atoms with Crippen LogP contribution in [0.3, 0.4) is 0 Å². The Hall–Kier alpha value is -0.490. The third kappa shape index (κ3) is 9.13. The molecule has 5 heteroatoms. The first kappa shape index (κ1) is 22.6. The van der Waals surface area contributed by atoms with Gasteiger partial charge in [-0.3, -0.25) is 4.90 Å². The minimum Gasteiger partial charge on any atom is -0.301 e. The van der Waals surface area contributed by atoms with E-state index in [-0.39, 0.29) is 0 Å². The Morgan fingerprint density at radius 2 is 1.12 bits per heavy atom. The SMILES string of the molecule is CCN1CCN(CC)CCN(C(C)CCC(C)=O)CCN(CC)CC1. The van der Waals surface area contributed by atoms with Gasteiger partial charge in [-0.2, -0.15) is 0 Å². The van der Waals surface area contributed by atoms with Crippen molar-refractivity contribution in [2.75, 3.05) is 72.0 Å². The maximum absolute atomic E-state index is 11.4. The Morgan fingerprint density at radius 3 is 1.44 bits per heavy atom. The molecule has 1 rings (SSSR count). The Morgan fingerprint density at radius 1 is 0.760 bits per heavy atom. The van der Waals surface area contributed by atoms with Gasteiger partial charge in [-0.15, -0.1) is 0 Å². The molecule has 1 atom stereocenters. The lowest BCUT2D eigenvalue weighted by molar-refractivity contribution is -0.117. The summed E-state index contributed by atoms with van der Waals surface area (Å²) in [5, 5.41) is 0. The molecule has 0 radical (unpaired) electrons. The minimum atomic E-state index is 0.311. The summed E-state index contributed by atoms with van der Waals surface area (Å²) >= 11 is 0. The molecule has 1 fully saturated rings. The molecule has 0 amide bonds. The Labute approximate surface area is 156 Å². The van der Waals surface area contributed by atoms with Gasteiger partial charge < -0.3 is 19.5 Å². The van der Waals surface area contributed by atoms with E-state index in [0.717, 1.165) is 65.3 Å². The van der Waals surface area contributed by atoms with Crippen molar-refractivity contribution in [1.82, 2.24) is 19.6 Å². The first-order valence-corrected chi connectivity index (χ1v) is 10.4. The zero-order valence-electron chi connectivity index (χ0n) is 17.5. The van der Waals surface area contributed by atoms with Crippen LogP contribution in [0.2, 0.25) is 0 Å². The van der Waals surface area contributed by atoms with Crippen molar-refractivity contribution in [3.05, 3.63) is 0 Å². The molecular formula is C20H42N4O. The molecule has 1 heterocycles. The maximum atomic E-state index is 11.4. The lowest BCUT2D eigenvalue weighted by Crippen LogP contribution is -2.47. The molecule has 0 bridgehead atoms. The molecule has 0 spiro atoms. The van der Waals surface area contributed by atoms with Crippen LogP contribution in [0.15, 0.2) is 0 Å². The summed E-state index contributed by atoms with van der Waals surface area (Å²) in [6.07, 6.45) is 1.69. The predicted molar refractivity (Wildman–Crippen MR) is 107 cm³/mol. The molecule has 148 valence electrons. The van der Waals surface area contributed by atoms with Crippen molar-refractivity contribution < 1.29 is 4.79 Å². The van der Waals surface area contributed by atoms with Gasteiger partial charge in [0, 0.05) is 64.8 Å². The number of rotatable bonds is 7. The fraction of sp³-hybridized carbons (Fsp3) is 0.950. The number of ketones is 1. The smallest absolute Gasteiger partial charge is 0.129 e. The van der Waals surface area contributed by atoms with E-state index in [9.17, 15) is 4.79 Å². The van der Waals surface area contributed by atoms with Crippen LogP contribution in [0.25, 0.3) is 0 Å². The van der Waals surface area contributed by atoms with Crippen LogP contribution in [0.4, 0.5) is 0 Å². The van der Waals surface area contributed by atoms with Gasteiger partial charge >= 0.3 is 0 Å². The molecule has 0 N–H and O–H groups in total. The second-order valence-corrected chi connectivity index (χ2v) is 7.43. The number of nitrogens with zero attached hydrogens (tertiary/aromatic N) is 4. The van der Waals surface area contributed by atoms with E-state index in [0.29, 0.717) is 18.2 Å². The summed E-state index contributed by atoms with van der Waals surface area (Å²) in [4.78, 5) is 21.7. The van der Waals surface area contributed by atoms with Gasteiger partial charge in [0.15, 0.2) is 0 Å². The topological polar surface area (TPSA) is 30.0 Å². The molecule has 1 aliphatic heterocycles. The number of hydrogen-bond acceptors (Lipinski definition) is 5. The zero-order chi connectivity index (χ0) is 18.7. The number of carbonyl (C=O) groups excluding carboxylic acids is 1. The van der Waals surface area contributed by atoms with Crippen molar-refractivity contribution in [1.29, 1.82) is 0 Å². The summed E-state index contributed by atoms with van der Waals surface area (Å²) in [7, 11) is 0. The van der Waals surface area contributed by atoms with E-state index >= 15 is 0 Å². The minimum absolute atomic E-state index is 0.311. The summed E-state index contributed by atoms with van der Waals surface area (Å²) < 4.78 is 0. The Balaban J connectivity index is 2.71. The molecule has 0 aliphatic carbocycles. The molecule has 0 saturated carbocycles. The largest absolute Gasteiger partial charge is 0.301 e. The normalized spacial score (nSPS) is 22.3. The third-order valence-corrected chi connectivity index (χ3v) is 5.75. The molecule has 1 saturated heterocycles. The van der Waals surface area contributed by atoms with Crippen molar-refractivity contribution in [2.45, 2.75) is 53.5 Å². The average molecular weight is 355 g/mol. The highest BCUT2D eigenvalue weighted by atomic mass is 16.1. The summed E-state index contributed by atoms with van der Waals surface area (Å²) in [5.74, 6) is 0.311. The molecule has 1 unspecified atom stereocenters. The molecule has 5 nitrogen and oxygen atoms in total. The molecule has 0 aromatic rings. The van der Waals surface area contributed by atoms with Crippen molar-refractivity contribution in [3.8, 4) is 0 Å². The standard InChI is InChI=1S/C20H42N4O/c1-6-21-11-13-22(7-2)15-17-24(19(4)9-10-20(5)25)18-16-23(8-3)14-12-21/h19H,6-18H2,1-5H3. The second-order valence-electron chi connectivity index (χ2n) is 7.43. The van der Waals surface area contributed by atoms with Crippen LogP contribution in [0, 0.1) is 0 Å². The Kier molecular flexibility index (Phi) is 11.5. The van der Waals surface area contributed by atoms with E-state index in [1.165, 1.54) is 13.1 Å². The second kappa shape index (κ2) is 12.8. The van der Waals surface area contributed by atoms with Crippen molar-refractivity contribution >= 4 is 5.78 Å². The number of carbonyl (C=O) groups is 1. The van der Waals surface area contributed by atoms with Gasteiger partial charge in [0.2, 0.25) is 0 Å². The lowest BCUT2D eigenvalue weighted by atomic mass is 10.1. The van der Waals surface area contributed by atoms with Gasteiger partial charge in [0.1, 0.15) is 5.78 Å². The molecular weight excluding hydrogens is 312 g/mol. The first-order valence-electron chi connectivity index (χ1n) is 10.4. The molecule has 25 heavy (non-hydrogen) atoms. The van der Waals surface area contributed by atoms with E-state index in [2.05, 4.69) is 47.3 Å². The quantitative estimate of drug-likeness (QED) is 0.698. The van der Waals surface area contributed by atoms with E-state index in [4.69, 9.17) is 0 Å². The number of Topliss-reactive ketones (excluding diaryl/α,β-unsaturated/α-hetero) is 1. The van der Waals surface area contributed by atoms with Gasteiger partial charge in [0.05, 0.1) is 0 Å². The maximum Gasteiger partial charge on any atom is 0.129 e. The van der Waals surface area contributed by atoms with E-state index in [1.54, 1.807) is 6.92 Å². The van der Waals surface area contributed by atoms with E-state index < -0.39 is 0 Å². The van der Waals surface area contributed by atoms with Crippen LogP contribution in [-0.2, 0) is 4.79 Å². The van der Waals surface area contributed by atoms with Crippen molar-refractivity contribution in [3.63, 3.8) is 0 Å². The third-order valence-electron chi connectivity index (χ3n) is 5.75. The first-order chi connectivity index (χ1) is 12.0. The summed E-state index contributed by atoms with van der Waals surface area (Å²) in [5.41, 5.74) is 0. The average Bonchev–Trinajstić information content (AvgIpc) is 2.60. The van der Waals surface area contributed by atoms with Crippen LogP contribution in [0.5, 0.6) is 0 Å². The van der Waals surface area contributed by atoms with Gasteiger partial charge in [0.25, 0.3) is 0 Å². The molecule has 0 aromatic carbocycles. The molecule has 0 aromatic heterocycles. The monoisotopic (exact) mass is 354 g/mol. The summed E-state index contributed by atoms with van der Waals surface area (Å²) in [6, 6.07) is 0.483. The van der Waals surface area contributed by atoms with Crippen LogP contribution >= 0.6 is 0 Å². The fourth-order valence-electron chi connectivity index (χ4n) is 3.54.